The van der Waals surface area contributed by atoms with Gasteiger partial charge in [-0.3, -0.25) is 0 Å². The van der Waals surface area contributed by atoms with Crippen molar-refractivity contribution in [2.24, 2.45) is 5.92 Å². The van der Waals surface area contributed by atoms with E-state index in [1.54, 1.807) is 0 Å². The summed E-state index contributed by atoms with van der Waals surface area (Å²) in [6.07, 6.45) is -0.758. The van der Waals surface area contributed by atoms with Gasteiger partial charge < -0.3 is 18.9 Å². The lowest BCUT2D eigenvalue weighted by Crippen LogP contribution is -2.56. The molecule has 0 saturated carbocycles. The molecule has 0 amide bonds. The van der Waals surface area contributed by atoms with Crippen LogP contribution in [0.4, 0.5) is 0 Å². The highest BCUT2D eigenvalue weighted by Gasteiger charge is 2.50. The molecule has 0 spiro atoms. The third kappa shape index (κ3) is 6.35. The van der Waals surface area contributed by atoms with Crippen LogP contribution < -0.4 is 0 Å². The summed E-state index contributed by atoms with van der Waals surface area (Å²) in [5, 5.41) is 0. The number of rotatable bonds is 10. The number of ether oxygens (including phenoxy) is 4. The summed E-state index contributed by atoms with van der Waals surface area (Å²) < 4.78 is 26.7. The van der Waals surface area contributed by atoms with Crippen molar-refractivity contribution in [2.45, 2.75) is 56.1 Å². The molecule has 5 atom stereocenters. The maximum absolute atomic E-state index is 6.95. The predicted molar refractivity (Wildman–Crippen MR) is 159 cm³/mol. The number of hydrogen-bond donors (Lipinski definition) is 0. The third-order valence-corrected chi connectivity index (χ3v) is 9.15. The number of fused-ring (bicyclic) bond motifs is 3. The Morgan fingerprint density at radius 3 is 1.88 bits per heavy atom. The highest BCUT2D eigenvalue weighted by atomic mass is 32.2. The third-order valence-electron chi connectivity index (χ3n) is 7.76. The van der Waals surface area contributed by atoms with Crippen LogP contribution in [0.25, 0.3) is 0 Å². The second-order valence-corrected chi connectivity index (χ2v) is 11.6. The SMILES string of the molecule is Cc1cccc2c1SC[C@@H]1[C@@H](OCc3ccccc3)[C@H](OCc3ccccc3)[C@@H](COCc3ccccc3)O[C@H]21. The van der Waals surface area contributed by atoms with Crippen LogP contribution in [0.2, 0.25) is 0 Å². The summed E-state index contributed by atoms with van der Waals surface area (Å²) in [6.45, 7) is 4.17. The standard InChI is InChI=1S/C35H36O4S/c1-25-12-11-19-29-32-30(24-40-35(25)29)33(37-21-27-15-7-3-8-16-27)34(38-22-28-17-9-4-10-18-28)31(39-32)23-36-20-26-13-5-2-6-14-26/h2-19,30-34H,20-24H2,1H3/t30-,31+,32+,33+,34+/m0/s1. The smallest absolute Gasteiger partial charge is 0.113 e. The minimum Gasteiger partial charge on any atom is -0.374 e. The summed E-state index contributed by atoms with van der Waals surface area (Å²) >= 11 is 1.91. The predicted octanol–water partition coefficient (Wildman–Crippen LogP) is 7.54. The minimum absolute atomic E-state index is 0.0705. The summed E-state index contributed by atoms with van der Waals surface area (Å²) in [5.74, 6) is 1.08. The van der Waals surface area contributed by atoms with Crippen molar-refractivity contribution in [1.82, 2.24) is 0 Å². The number of benzene rings is 4. The van der Waals surface area contributed by atoms with Crippen molar-refractivity contribution in [3.05, 3.63) is 137 Å². The molecule has 4 nitrogen and oxygen atoms in total. The Balaban J connectivity index is 1.29. The quantitative estimate of drug-likeness (QED) is 0.203. The molecule has 2 heterocycles. The summed E-state index contributed by atoms with van der Waals surface area (Å²) in [7, 11) is 0. The van der Waals surface area contributed by atoms with E-state index >= 15 is 0 Å². The van der Waals surface area contributed by atoms with E-state index in [9.17, 15) is 0 Å². The van der Waals surface area contributed by atoms with Crippen molar-refractivity contribution in [3.63, 3.8) is 0 Å². The second-order valence-electron chi connectivity index (χ2n) is 10.6. The molecule has 1 fully saturated rings. The molecule has 206 valence electrons. The molecule has 4 aromatic carbocycles. The van der Waals surface area contributed by atoms with Crippen LogP contribution in [-0.2, 0) is 38.8 Å². The van der Waals surface area contributed by atoms with Crippen molar-refractivity contribution < 1.29 is 18.9 Å². The van der Waals surface area contributed by atoms with Gasteiger partial charge in [-0.05, 0) is 34.7 Å². The Morgan fingerprint density at radius 1 is 0.675 bits per heavy atom. The van der Waals surface area contributed by atoms with Gasteiger partial charge in [0, 0.05) is 16.6 Å². The number of thioether (sulfide) groups is 1. The average molecular weight is 553 g/mol. The molecule has 40 heavy (non-hydrogen) atoms. The van der Waals surface area contributed by atoms with Crippen molar-refractivity contribution in [2.75, 3.05) is 12.4 Å². The van der Waals surface area contributed by atoms with E-state index in [0.717, 1.165) is 22.4 Å². The Morgan fingerprint density at radius 2 is 1.25 bits per heavy atom. The van der Waals surface area contributed by atoms with Crippen molar-refractivity contribution >= 4 is 11.8 Å². The number of hydrogen-bond acceptors (Lipinski definition) is 5. The van der Waals surface area contributed by atoms with Gasteiger partial charge >= 0.3 is 0 Å². The highest BCUT2D eigenvalue weighted by molar-refractivity contribution is 7.99. The topological polar surface area (TPSA) is 36.9 Å². The molecule has 2 aliphatic rings. The van der Waals surface area contributed by atoms with Gasteiger partial charge in [0.15, 0.2) is 0 Å². The Bertz CT molecular complexity index is 1350. The van der Waals surface area contributed by atoms with E-state index in [-0.39, 0.29) is 30.3 Å². The van der Waals surface area contributed by atoms with E-state index < -0.39 is 0 Å². The first-order valence-corrected chi connectivity index (χ1v) is 15.1. The molecule has 0 aliphatic carbocycles. The van der Waals surface area contributed by atoms with E-state index in [4.69, 9.17) is 18.9 Å². The normalized spacial score (nSPS) is 23.8. The van der Waals surface area contributed by atoms with Crippen LogP contribution in [0.3, 0.4) is 0 Å². The summed E-state index contributed by atoms with van der Waals surface area (Å²) in [6, 6.07) is 37.5. The lowest BCUT2D eigenvalue weighted by molar-refractivity contribution is -0.244. The molecule has 5 heteroatoms. The Labute approximate surface area is 241 Å². The average Bonchev–Trinajstić information content (AvgIpc) is 3.01. The van der Waals surface area contributed by atoms with Gasteiger partial charge in [0.1, 0.15) is 12.2 Å². The van der Waals surface area contributed by atoms with Gasteiger partial charge in [-0.1, -0.05) is 109 Å². The van der Waals surface area contributed by atoms with Gasteiger partial charge in [-0.25, -0.2) is 0 Å². The van der Waals surface area contributed by atoms with Gasteiger partial charge in [-0.15, -0.1) is 11.8 Å². The van der Waals surface area contributed by atoms with E-state index in [1.807, 2.05) is 54.2 Å². The molecule has 1 saturated heterocycles. The fourth-order valence-electron chi connectivity index (χ4n) is 5.71. The van der Waals surface area contributed by atoms with E-state index in [2.05, 4.69) is 73.7 Å². The van der Waals surface area contributed by atoms with Gasteiger partial charge in [0.05, 0.1) is 38.6 Å². The van der Waals surface area contributed by atoms with E-state index in [0.29, 0.717) is 26.4 Å². The van der Waals surface area contributed by atoms with Gasteiger partial charge in [-0.2, -0.15) is 0 Å². The van der Waals surface area contributed by atoms with E-state index in [1.165, 1.54) is 16.0 Å². The maximum atomic E-state index is 6.95. The molecule has 0 aromatic heterocycles. The lowest BCUT2D eigenvalue weighted by atomic mass is 9.83. The lowest BCUT2D eigenvalue weighted by Gasteiger charge is -2.49. The minimum atomic E-state index is -0.272. The molecular formula is C35H36O4S. The molecular weight excluding hydrogens is 516 g/mol. The highest BCUT2D eigenvalue weighted by Crippen LogP contribution is 2.49. The van der Waals surface area contributed by atoms with Crippen LogP contribution in [0, 0.1) is 12.8 Å². The first-order chi connectivity index (χ1) is 19.8. The van der Waals surface area contributed by atoms with Crippen LogP contribution >= 0.6 is 11.8 Å². The molecule has 0 radical (unpaired) electrons. The molecule has 0 unspecified atom stereocenters. The van der Waals surface area contributed by atoms with Crippen LogP contribution in [0.5, 0.6) is 0 Å². The summed E-state index contributed by atoms with van der Waals surface area (Å²) in [5.41, 5.74) is 5.98. The monoisotopic (exact) mass is 552 g/mol. The van der Waals surface area contributed by atoms with Gasteiger partial charge in [0.25, 0.3) is 0 Å². The van der Waals surface area contributed by atoms with Gasteiger partial charge in [0.2, 0.25) is 0 Å². The zero-order valence-corrected chi connectivity index (χ0v) is 23.7. The molecule has 4 aromatic rings. The molecule has 6 rings (SSSR count). The zero-order valence-electron chi connectivity index (χ0n) is 22.9. The largest absolute Gasteiger partial charge is 0.374 e. The van der Waals surface area contributed by atoms with Crippen molar-refractivity contribution in [3.8, 4) is 0 Å². The fourth-order valence-corrected chi connectivity index (χ4v) is 7.08. The zero-order chi connectivity index (χ0) is 27.1. The van der Waals surface area contributed by atoms with Crippen LogP contribution in [0.15, 0.2) is 114 Å². The Hall–Kier alpha value is -2.93. The first-order valence-electron chi connectivity index (χ1n) is 14.1. The van der Waals surface area contributed by atoms with Crippen LogP contribution in [-0.4, -0.2) is 30.7 Å². The molecule has 0 bridgehead atoms. The number of aryl methyl sites for hydroxylation is 1. The van der Waals surface area contributed by atoms with Crippen molar-refractivity contribution in [1.29, 1.82) is 0 Å². The summed E-state index contributed by atoms with van der Waals surface area (Å²) in [4.78, 5) is 1.33. The maximum Gasteiger partial charge on any atom is 0.113 e. The second kappa shape index (κ2) is 13.2. The fraction of sp³-hybridized carbons (Fsp3) is 0.314. The molecule has 2 aliphatic heterocycles. The first kappa shape index (κ1) is 27.3. The Kier molecular flexibility index (Phi) is 8.96. The molecule has 0 N–H and O–H groups in total. The van der Waals surface area contributed by atoms with Crippen LogP contribution in [0.1, 0.15) is 33.9 Å².